The highest BCUT2D eigenvalue weighted by Crippen LogP contribution is 2.26. The van der Waals surface area contributed by atoms with Crippen molar-refractivity contribution in [3.63, 3.8) is 0 Å². The number of amides is 1. The molecule has 7 heteroatoms. The number of methoxy groups -OCH3 is 1. The molecule has 1 aliphatic rings. The van der Waals surface area contributed by atoms with Crippen LogP contribution in [0.2, 0.25) is 0 Å². The second-order valence-corrected chi connectivity index (χ2v) is 6.06. The van der Waals surface area contributed by atoms with E-state index >= 15 is 0 Å². The number of halogens is 1. The van der Waals surface area contributed by atoms with E-state index in [1.807, 2.05) is 24.3 Å². The summed E-state index contributed by atoms with van der Waals surface area (Å²) in [4.78, 5) is 26.3. The Labute approximate surface area is 147 Å². The molecule has 1 aromatic heterocycles. The highest BCUT2D eigenvalue weighted by Gasteiger charge is 2.35. The van der Waals surface area contributed by atoms with E-state index in [0.717, 1.165) is 4.47 Å². The molecule has 0 radical (unpaired) electrons. The Balaban J connectivity index is 1.85. The molecule has 0 atom stereocenters. The zero-order valence-electron chi connectivity index (χ0n) is 12.9. The lowest BCUT2D eigenvalue weighted by atomic mass is 10.2. The van der Waals surface area contributed by atoms with Gasteiger partial charge in [0.05, 0.1) is 32.0 Å². The Kier molecular flexibility index (Phi) is 4.71. The van der Waals surface area contributed by atoms with Gasteiger partial charge in [0.2, 0.25) is 0 Å². The van der Waals surface area contributed by atoms with Crippen LogP contribution in [0.4, 0.5) is 5.69 Å². The highest BCUT2D eigenvalue weighted by atomic mass is 79.9. The van der Waals surface area contributed by atoms with Crippen LogP contribution in [0.15, 0.2) is 62.8 Å². The molecule has 2 heterocycles. The first-order valence-corrected chi connectivity index (χ1v) is 8.04. The van der Waals surface area contributed by atoms with E-state index in [-0.39, 0.29) is 18.1 Å². The van der Waals surface area contributed by atoms with Gasteiger partial charge in [0.15, 0.2) is 0 Å². The second-order valence-electron chi connectivity index (χ2n) is 5.15. The lowest BCUT2D eigenvalue weighted by Crippen LogP contribution is -2.30. The number of nitrogens with zero attached hydrogens (tertiary/aromatic N) is 1. The van der Waals surface area contributed by atoms with Crippen LogP contribution in [-0.2, 0) is 20.9 Å². The molecule has 124 valence electrons. The molecule has 0 bridgehead atoms. The van der Waals surface area contributed by atoms with Gasteiger partial charge in [-0.05, 0) is 36.4 Å². The van der Waals surface area contributed by atoms with Crippen LogP contribution in [0.5, 0.6) is 0 Å². The molecule has 0 unspecified atom stereocenters. The van der Waals surface area contributed by atoms with Crippen LogP contribution in [-0.4, -0.2) is 25.5 Å². The van der Waals surface area contributed by atoms with Gasteiger partial charge in [-0.3, -0.25) is 4.79 Å². The Morgan fingerprint density at radius 3 is 2.71 bits per heavy atom. The fraction of sp³-hybridized carbons (Fsp3) is 0.176. The van der Waals surface area contributed by atoms with Crippen LogP contribution in [0.3, 0.4) is 0 Å². The summed E-state index contributed by atoms with van der Waals surface area (Å²) in [6.45, 7) is 0.469. The standard InChI is InChI=1S/C17H15BrN2O4/c1-23-17(22)14-10-20(12-6-4-11(18)5-7-12)16(21)15(14)19-9-13-3-2-8-24-13/h2-8,19H,9-10H2,1H3. The number of rotatable bonds is 5. The largest absolute Gasteiger partial charge is 0.467 e. The molecule has 0 saturated heterocycles. The molecule has 3 rings (SSSR count). The van der Waals surface area contributed by atoms with Crippen molar-refractivity contribution in [1.29, 1.82) is 0 Å². The predicted octanol–water partition coefficient (Wildman–Crippen LogP) is 2.61. The number of ether oxygens (including phenoxy) is 1. The van der Waals surface area contributed by atoms with Gasteiger partial charge >= 0.3 is 5.97 Å². The van der Waals surface area contributed by atoms with E-state index < -0.39 is 5.97 Å². The quantitative estimate of drug-likeness (QED) is 0.794. The van der Waals surface area contributed by atoms with Crippen molar-refractivity contribution in [1.82, 2.24) is 5.32 Å². The first kappa shape index (κ1) is 16.3. The maximum absolute atomic E-state index is 12.7. The number of hydrogen-bond donors (Lipinski definition) is 1. The van der Waals surface area contributed by atoms with Crippen molar-refractivity contribution in [3.05, 3.63) is 64.2 Å². The minimum Gasteiger partial charge on any atom is -0.467 e. The summed E-state index contributed by atoms with van der Waals surface area (Å²) in [5.41, 5.74) is 1.25. The summed E-state index contributed by atoms with van der Waals surface area (Å²) in [7, 11) is 1.30. The van der Waals surface area contributed by atoms with Gasteiger partial charge in [0.1, 0.15) is 11.5 Å². The molecule has 0 aliphatic carbocycles. The molecule has 1 aliphatic heterocycles. The van der Waals surface area contributed by atoms with Crippen molar-refractivity contribution in [3.8, 4) is 0 Å². The van der Waals surface area contributed by atoms with E-state index in [1.165, 1.54) is 12.0 Å². The highest BCUT2D eigenvalue weighted by molar-refractivity contribution is 9.10. The molecular formula is C17H15BrN2O4. The fourth-order valence-electron chi connectivity index (χ4n) is 2.46. The van der Waals surface area contributed by atoms with Crippen molar-refractivity contribution in [2.24, 2.45) is 0 Å². The molecule has 2 aromatic rings. The van der Waals surface area contributed by atoms with Crippen molar-refractivity contribution in [2.75, 3.05) is 18.6 Å². The Hall–Kier alpha value is -2.54. The molecular weight excluding hydrogens is 376 g/mol. The number of anilines is 1. The van der Waals surface area contributed by atoms with E-state index in [1.54, 1.807) is 18.4 Å². The third-order valence-electron chi connectivity index (χ3n) is 3.67. The molecule has 1 amide bonds. The lowest BCUT2D eigenvalue weighted by Gasteiger charge is -2.17. The maximum Gasteiger partial charge on any atom is 0.337 e. The van der Waals surface area contributed by atoms with Gasteiger partial charge in [-0.25, -0.2) is 4.79 Å². The zero-order chi connectivity index (χ0) is 17.1. The van der Waals surface area contributed by atoms with Crippen LogP contribution >= 0.6 is 15.9 Å². The third-order valence-corrected chi connectivity index (χ3v) is 4.20. The first-order valence-electron chi connectivity index (χ1n) is 7.25. The van der Waals surface area contributed by atoms with Gasteiger partial charge in [-0.15, -0.1) is 0 Å². The molecule has 0 saturated carbocycles. The van der Waals surface area contributed by atoms with Crippen molar-refractivity contribution in [2.45, 2.75) is 6.54 Å². The average molecular weight is 391 g/mol. The molecule has 24 heavy (non-hydrogen) atoms. The lowest BCUT2D eigenvalue weighted by molar-refractivity contribution is -0.136. The predicted molar refractivity (Wildman–Crippen MR) is 91.1 cm³/mol. The van der Waals surface area contributed by atoms with Gasteiger partial charge < -0.3 is 19.4 Å². The summed E-state index contributed by atoms with van der Waals surface area (Å²) in [5, 5.41) is 2.99. The second kappa shape index (κ2) is 6.92. The van der Waals surface area contributed by atoms with E-state index in [4.69, 9.17) is 9.15 Å². The number of hydrogen-bond acceptors (Lipinski definition) is 5. The number of nitrogens with one attached hydrogen (secondary N) is 1. The molecule has 1 aromatic carbocycles. The SMILES string of the molecule is COC(=O)C1=C(NCc2ccco2)C(=O)N(c2ccc(Br)cc2)C1. The summed E-state index contributed by atoms with van der Waals surface area (Å²) < 4.78 is 11.0. The summed E-state index contributed by atoms with van der Waals surface area (Å²) in [6, 6.07) is 10.9. The molecule has 0 spiro atoms. The normalized spacial score (nSPS) is 14.2. The third kappa shape index (κ3) is 3.21. The van der Waals surface area contributed by atoms with Crippen LogP contribution in [0, 0.1) is 0 Å². The number of furan rings is 1. The minimum atomic E-state index is -0.523. The number of benzene rings is 1. The first-order chi connectivity index (χ1) is 11.6. The molecule has 0 fully saturated rings. The Morgan fingerprint density at radius 2 is 2.08 bits per heavy atom. The van der Waals surface area contributed by atoms with Crippen LogP contribution in [0.1, 0.15) is 5.76 Å². The topological polar surface area (TPSA) is 71.8 Å². The minimum absolute atomic E-state index is 0.160. The maximum atomic E-state index is 12.7. The van der Waals surface area contributed by atoms with E-state index in [0.29, 0.717) is 23.6 Å². The number of carbonyl (C=O) groups is 2. The van der Waals surface area contributed by atoms with Crippen LogP contribution < -0.4 is 10.2 Å². The van der Waals surface area contributed by atoms with E-state index in [9.17, 15) is 9.59 Å². The van der Waals surface area contributed by atoms with E-state index in [2.05, 4.69) is 21.2 Å². The van der Waals surface area contributed by atoms with Gasteiger partial charge in [-0.2, -0.15) is 0 Å². The Bertz CT molecular complexity index is 781. The summed E-state index contributed by atoms with van der Waals surface area (Å²) in [6.07, 6.45) is 1.55. The number of esters is 1. The summed E-state index contributed by atoms with van der Waals surface area (Å²) >= 11 is 3.36. The van der Waals surface area contributed by atoms with Crippen LogP contribution in [0.25, 0.3) is 0 Å². The monoisotopic (exact) mass is 390 g/mol. The molecule has 1 N–H and O–H groups in total. The Morgan fingerprint density at radius 1 is 1.33 bits per heavy atom. The fourth-order valence-corrected chi connectivity index (χ4v) is 2.73. The molecule has 6 nitrogen and oxygen atoms in total. The summed E-state index contributed by atoms with van der Waals surface area (Å²) in [5.74, 6) is -0.129. The number of carbonyl (C=O) groups excluding carboxylic acids is 2. The van der Waals surface area contributed by atoms with Crippen molar-refractivity contribution < 1.29 is 18.7 Å². The average Bonchev–Trinajstić information content (AvgIpc) is 3.21. The van der Waals surface area contributed by atoms with Gasteiger partial charge in [0, 0.05) is 10.2 Å². The zero-order valence-corrected chi connectivity index (χ0v) is 14.5. The van der Waals surface area contributed by atoms with Gasteiger partial charge in [0.25, 0.3) is 5.91 Å². The smallest absolute Gasteiger partial charge is 0.337 e. The van der Waals surface area contributed by atoms with Gasteiger partial charge in [-0.1, -0.05) is 15.9 Å². The van der Waals surface area contributed by atoms with Crippen molar-refractivity contribution >= 4 is 33.5 Å².